The van der Waals surface area contributed by atoms with E-state index in [-0.39, 0.29) is 0 Å². The van der Waals surface area contributed by atoms with Crippen molar-refractivity contribution in [2.45, 2.75) is 44.9 Å². The Morgan fingerprint density at radius 2 is 1.75 bits per heavy atom. The van der Waals surface area contributed by atoms with E-state index in [1.54, 1.807) is 0 Å². The van der Waals surface area contributed by atoms with Gasteiger partial charge in [0.1, 0.15) is 5.78 Å². The van der Waals surface area contributed by atoms with Crippen LogP contribution in [0.25, 0.3) is 0 Å². The van der Waals surface area contributed by atoms with Crippen molar-refractivity contribution in [3.63, 3.8) is 0 Å². The Labute approximate surface area is 97.9 Å². The third kappa shape index (κ3) is 3.48. The first-order chi connectivity index (χ1) is 7.84. The number of carbonyl (C=O) groups excluding carboxylic acids is 1. The second-order valence-corrected chi connectivity index (χ2v) is 4.91. The molecule has 0 heterocycles. The molecule has 0 unspecified atom stereocenters. The molecule has 0 saturated heterocycles. The largest absolute Gasteiger partial charge is 0.299 e. The quantitative estimate of drug-likeness (QED) is 0.748. The summed E-state index contributed by atoms with van der Waals surface area (Å²) in [6.45, 7) is 0. The van der Waals surface area contributed by atoms with E-state index in [4.69, 9.17) is 0 Å². The monoisotopic (exact) mass is 216 g/mol. The van der Waals surface area contributed by atoms with Gasteiger partial charge in [-0.05, 0) is 11.5 Å². The zero-order valence-electron chi connectivity index (χ0n) is 9.82. The molecule has 1 fully saturated rings. The summed E-state index contributed by atoms with van der Waals surface area (Å²) in [5.41, 5.74) is 1.16. The number of hydrogen-bond donors (Lipinski definition) is 0. The Morgan fingerprint density at radius 1 is 1.06 bits per heavy atom. The van der Waals surface area contributed by atoms with Gasteiger partial charge in [-0.1, -0.05) is 62.4 Å². The van der Waals surface area contributed by atoms with Crippen LogP contribution in [0.1, 0.15) is 44.1 Å². The highest BCUT2D eigenvalue weighted by Gasteiger charge is 2.16. The third-order valence-corrected chi connectivity index (χ3v) is 3.49. The first-order valence-electron chi connectivity index (χ1n) is 6.40. The predicted molar refractivity (Wildman–Crippen MR) is 66.3 cm³/mol. The van der Waals surface area contributed by atoms with E-state index >= 15 is 0 Å². The Kier molecular flexibility index (Phi) is 4.15. The fourth-order valence-electron chi connectivity index (χ4n) is 2.61. The molecular formula is C15H20O. The van der Waals surface area contributed by atoms with Gasteiger partial charge in [0, 0.05) is 12.8 Å². The van der Waals surface area contributed by atoms with Crippen LogP contribution < -0.4 is 0 Å². The van der Waals surface area contributed by atoms with Crippen molar-refractivity contribution in [2.24, 2.45) is 5.92 Å². The van der Waals surface area contributed by atoms with Crippen molar-refractivity contribution in [1.29, 1.82) is 0 Å². The number of hydrogen-bond acceptors (Lipinski definition) is 1. The number of Topliss-reactive ketones (excluding diaryl/α,β-unsaturated/α-hetero) is 1. The lowest BCUT2D eigenvalue weighted by Gasteiger charge is -2.20. The zero-order chi connectivity index (χ0) is 11.2. The van der Waals surface area contributed by atoms with Gasteiger partial charge in [0.05, 0.1) is 0 Å². The minimum Gasteiger partial charge on any atom is -0.299 e. The second-order valence-electron chi connectivity index (χ2n) is 4.91. The maximum Gasteiger partial charge on any atom is 0.137 e. The van der Waals surface area contributed by atoms with Gasteiger partial charge < -0.3 is 0 Å². The van der Waals surface area contributed by atoms with Crippen molar-refractivity contribution in [3.8, 4) is 0 Å². The molecule has 1 heteroatoms. The Morgan fingerprint density at radius 3 is 2.44 bits per heavy atom. The van der Waals surface area contributed by atoms with Crippen LogP contribution in [0, 0.1) is 5.92 Å². The lowest BCUT2D eigenvalue weighted by molar-refractivity contribution is -0.119. The molecule has 0 atom stereocenters. The van der Waals surface area contributed by atoms with E-state index in [9.17, 15) is 4.79 Å². The van der Waals surface area contributed by atoms with Crippen LogP contribution >= 0.6 is 0 Å². The topological polar surface area (TPSA) is 17.1 Å². The molecule has 1 aliphatic carbocycles. The number of benzene rings is 1. The average molecular weight is 216 g/mol. The third-order valence-electron chi connectivity index (χ3n) is 3.49. The van der Waals surface area contributed by atoms with Crippen LogP contribution in [0.5, 0.6) is 0 Å². The van der Waals surface area contributed by atoms with Crippen molar-refractivity contribution >= 4 is 5.78 Å². The maximum absolute atomic E-state index is 11.9. The molecule has 16 heavy (non-hydrogen) atoms. The van der Waals surface area contributed by atoms with Gasteiger partial charge in [0.2, 0.25) is 0 Å². The minimum absolute atomic E-state index is 0.415. The van der Waals surface area contributed by atoms with Crippen LogP contribution in [-0.2, 0) is 11.2 Å². The van der Waals surface area contributed by atoms with Crippen LogP contribution in [-0.4, -0.2) is 5.78 Å². The van der Waals surface area contributed by atoms with Crippen LogP contribution in [0.3, 0.4) is 0 Å². The van der Waals surface area contributed by atoms with Gasteiger partial charge in [-0.2, -0.15) is 0 Å². The molecule has 1 aromatic rings. The fraction of sp³-hybridized carbons (Fsp3) is 0.533. The van der Waals surface area contributed by atoms with Crippen molar-refractivity contribution < 1.29 is 4.79 Å². The molecule has 86 valence electrons. The van der Waals surface area contributed by atoms with Crippen molar-refractivity contribution in [1.82, 2.24) is 0 Å². The van der Waals surface area contributed by atoms with E-state index in [1.165, 1.54) is 32.1 Å². The van der Waals surface area contributed by atoms with Gasteiger partial charge in [0.15, 0.2) is 0 Å². The smallest absolute Gasteiger partial charge is 0.137 e. The Bertz CT molecular complexity index is 323. The van der Waals surface area contributed by atoms with Gasteiger partial charge in [-0.3, -0.25) is 4.79 Å². The molecule has 1 saturated carbocycles. The predicted octanol–water partition coefficient (Wildman–Crippen LogP) is 3.77. The first-order valence-corrected chi connectivity index (χ1v) is 6.40. The summed E-state index contributed by atoms with van der Waals surface area (Å²) in [5.74, 6) is 1.09. The molecule has 1 aromatic carbocycles. The molecule has 1 aliphatic rings. The molecule has 0 N–H and O–H groups in total. The molecule has 0 aliphatic heterocycles. The molecular weight excluding hydrogens is 196 g/mol. The highest BCUT2D eigenvalue weighted by molar-refractivity contribution is 5.81. The van der Waals surface area contributed by atoms with Crippen LogP contribution in [0.15, 0.2) is 30.3 Å². The summed E-state index contributed by atoms with van der Waals surface area (Å²) in [6.07, 6.45) is 7.96. The van der Waals surface area contributed by atoms with Crippen molar-refractivity contribution in [3.05, 3.63) is 35.9 Å². The standard InChI is InChI=1S/C15H20O/c16-15(11-13-7-3-1-4-8-13)12-14-9-5-2-6-10-14/h1,3-4,7-8,14H,2,5-6,9-12H2. The van der Waals surface area contributed by atoms with E-state index in [0.717, 1.165) is 12.0 Å². The lowest BCUT2D eigenvalue weighted by Crippen LogP contribution is -2.13. The van der Waals surface area contributed by atoms with Gasteiger partial charge in [-0.15, -0.1) is 0 Å². The summed E-state index contributed by atoms with van der Waals surface area (Å²) < 4.78 is 0. The highest BCUT2D eigenvalue weighted by atomic mass is 16.1. The Balaban J connectivity index is 1.80. The second kappa shape index (κ2) is 5.83. The summed E-state index contributed by atoms with van der Waals surface area (Å²) in [7, 11) is 0. The summed E-state index contributed by atoms with van der Waals surface area (Å²) in [6, 6.07) is 10.1. The normalized spacial score (nSPS) is 17.2. The molecule has 0 bridgehead atoms. The Hall–Kier alpha value is -1.11. The highest BCUT2D eigenvalue weighted by Crippen LogP contribution is 2.26. The van der Waals surface area contributed by atoms with E-state index in [0.29, 0.717) is 18.1 Å². The fourth-order valence-corrected chi connectivity index (χ4v) is 2.61. The molecule has 2 rings (SSSR count). The first kappa shape index (κ1) is 11.4. The van der Waals surface area contributed by atoms with Crippen LogP contribution in [0.4, 0.5) is 0 Å². The van der Waals surface area contributed by atoms with Crippen molar-refractivity contribution in [2.75, 3.05) is 0 Å². The summed E-state index contributed by atoms with van der Waals surface area (Å²) >= 11 is 0. The van der Waals surface area contributed by atoms with Gasteiger partial charge in [0.25, 0.3) is 0 Å². The molecule has 0 aromatic heterocycles. The summed E-state index contributed by atoms with van der Waals surface area (Å²) in [5, 5.41) is 0. The number of carbonyl (C=O) groups is 1. The lowest BCUT2D eigenvalue weighted by atomic mass is 9.85. The van der Waals surface area contributed by atoms with Gasteiger partial charge >= 0.3 is 0 Å². The maximum atomic E-state index is 11.9. The average Bonchev–Trinajstić information content (AvgIpc) is 2.31. The van der Waals surface area contributed by atoms with Crippen LogP contribution in [0.2, 0.25) is 0 Å². The molecule has 0 spiro atoms. The molecule has 1 nitrogen and oxygen atoms in total. The minimum atomic E-state index is 0.415. The molecule has 0 amide bonds. The SMILES string of the molecule is O=C(Cc1ccccc1)CC1CCCCC1. The van der Waals surface area contributed by atoms with E-state index < -0.39 is 0 Å². The van der Waals surface area contributed by atoms with Gasteiger partial charge in [-0.25, -0.2) is 0 Å². The van der Waals surface area contributed by atoms with E-state index in [1.807, 2.05) is 30.3 Å². The molecule has 0 radical (unpaired) electrons. The number of ketones is 1. The van der Waals surface area contributed by atoms with E-state index in [2.05, 4.69) is 0 Å². The number of rotatable bonds is 4. The summed E-state index contributed by atoms with van der Waals surface area (Å²) in [4.78, 5) is 11.9. The zero-order valence-corrected chi connectivity index (χ0v) is 9.82.